The van der Waals surface area contributed by atoms with Crippen LogP contribution in [0.2, 0.25) is 0 Å². The summed E-state index contributed by atoms with van der Waals surface area (Å²) in [7, 11) is 0. The number of hydrogen-bond acceptors (Lipinski definition) is 2. The minimum absolute atomic E-state index is 0.274. The van der Waals surface area contributed by atoms with Gasteiger partial charge in [-0.2, -0.15) is 0 Å². The van der Waals surface area contributed by atoms with Gasteiger partial charge in [0.2, 0.25) is 0 Å². The summed E-state index contributed by atoms with van der Waals surface area (Å²) < 4.78 is 13.9. The highest BCUT2D eigenvalue weighted by molar-refractivity contribution is 9.10. The van der Waals surface area contributed by atoms with Crippen LogP contribution in [-0.4, -0.2) is 5.11 Å². The largest absolute Gasteiger partial charge is 0.505 e. The van der Waals surface area contributed by atoms with E-state index in [0.717, 1.165) is 12.8 Å². The van der Waals surface area contributed by atoms with Gasteiger partial charge in [-0.1, -0.05) is 22.4 Å². The van der Waals surface area contributed by atoms with E-state index in [1.54, 1.807) is 6.07 Å². The van der Waals surface area contributed by atoms with Crippen LogP contribution in [0.15, 0.2) is 16.6 Å². The molecular formula is C11H13BrFNO. The van der Waals surface area contributed by atoms with E-state index in [4.69, 9.17) is 5.73 Å². The lowest BCUT2D eigenvalue weighted by atomic mass is 9.77. The molecule has 82 valence electrons. The van der Waals surface area contributed by atoms with E-state index in [2.05, 4.69) is 15.9 Å². The lowest BCUT2D eigenvalue weighted by Gasteiger charge is -2.32. The van der Waals surface area contributed by atoms with Crippen molar-refractivity contribution >= 4 is 15.9 Å². The minimum atomic E-state index is -0.608. The Labute approximate surface area is 96.4 Å². The smallest absolute Gasteiger partial charge is 0.165 e. The van der Waals surface area contributed by atoms with E-state index in [0.29, 0.717) is 16.0 Å². The molecule has 0 spiro atoms. The molecule has 4 heteroatoms. The third-order valence-corrected chi connectivity index (χ3v) is 3.80. The molecule has 2 rings (SSSR count). The Kier molecular flexibility index (Phi) is 2.98. The van der Waals surface area contributed by atoms with Gasteiger partial charge in [0.1, 0.15) is 0 Å². The van der Waals surface area contributed by atoms with Crippen LogP contribution in [0.1, 0.15) is 30.9 Å². The van der Waals surface area contributed by atoms with Crippen molar-refractivity contribution in [2.75, 3.05) is 0 Å². The molecule has 15 heavy (non-hydrogen) atoms. The van der Waals surface area contributed by atoms with Crippen molar-refractivity contribution in [3.05, 3.63) is 28.0 Å². The van der Waals surface area contributed by atoms with Gasteiger partial charge in [-0.25, -0.2) is 4.39 Å². The Hall–Kier alpha value is -0.610. The predicted molar refractivity (Wildman–Crippen MR) is 60.0 cm³/mol. The molecule has 1 aliphatic carbocycles. The van der Waals surface area contributed by atoms with Crippen LogP contribution in [0.4, 0.5) is 4.39 Å². The Morgan fingerprint density at radius 1 is 1.47 bits per heavy atom. The van der Waals surface area contributed by atoms with Crippen molar-refractivity contribution in [1.82, 2.24) is 0 Å². The van der Waals surface area contributed by atoms with Crippen LogP contribution >= 0.6 is 15.9 Å². The van der Waals surface area contributed by atoms with Crippen molar-refractivity contribution in [3.8, 4) is 5.75 Å². The predicted octanol–water partition coefficient (Wildman–Crippen LogP) is 3.09. The Bertz CT molecular complexity index is 379. The number of benzene rings is 1. The number of halogens is 2. The summed E-state index contributed by atoms with van der Waals surface area (Å²) in [6, 6.07) is 2.54. The maximum atomic E-state index is 13.2. The number of nitrogens with two attached hydrogens (primary N) is 1. The SMILES string of the molecule is N[C@H](c1c(Br)ccc(F)c1O)C1CCC1. The molecule has 0 bridgehead atoms. The molecule has 1 aromatic carbocycles. The second kappa shape index (κ2) is 4.10. The highest BCUT2D eigenvalue weighted by atomic mass is 79.9. The molecule has 0 amide bonds. The highest BCUT2D eigenvalue weighted by Crippen LogP contribution is 2.42. The van der Waals surface area contributed by atoms with Crippen LogP contribution in [-0.2, 0) is 0 Å². The third-order valence-electron chi connectivity index (χ3n) is 3.11. The lowest BCUT2D eigenvalue weighted by molar-refractivity contribution is 0.258. The number of aromatic hydroxyl groups is 1. The van der Waals surface area contributed by atoms with E-state index in [1.165, 1.54) is 12.5 Å². The molecule has 3 N–H and O–H groups in total. The molecule has 0 heterocycles. The van der Waals surface area contributed by atoms with Gasteiger partial charge in [0.25, 0.3) is 0 Å². The van der Waals surface area contributed by atoms with E-state index in [1.807, 2.05) is 0 Å². The normalized spacial score (nSPS) is 18.6. The Balaban J connectivity index is 2.36. The van der Waals surface area contributed by atoms with Crippen LogP contribution in [0.25, 0.3) is 0 Å². The second-order valence-corrected chi connectivity index (χ2v) is 4.86. The topological polar surface area (TPSA) is 46.2 Å². The average Bonchev–Trinajstić information content (AvgIpc) is 2.09. The Morgan fingerprint density at radius 3 is 2.67 bits per heavy atom. The number of rotatable bonds is 2. The molecule has 1 aromatic rings. The van der Waals surface area contributed by atoms with Gasteiger partial charge in [-0.05, 0) is 30.9 Å². The van der Waals surface area contributed by atoms with Gasteiger partial charge in [-0.15, -0.1) is 0 Å². The van der Waals surface area contributed by atoms with E-state index < -0.39 is 5.82 Å². The van der Waals surface area contributed by atoms with Gasteiger partial charge < -0.3 is 10.8 Å². The van der Waals surface area contributed by atoms with E-state index >= 15 is 0 Å². The first kappa shape index (κ1) is 10.9. The molecule has 0 radical (unpaired) electrons. The van der Waals surface area contributed by atoms with Crippen molar-refractivity contribution in [2.24, 2.45) is 11.7 Å². The zero-order valence-corrected chi connectivity index (χ0v) is 9.80. The zero-order valence-electron chi connectivity index (χ0n) is 8.21. The molecule has 1 saturated carbocycles. The fourth-order valence-electron chi connectivity index (χ4n) is 1.91. The first-order chi connectivity index (χ1) is 7.11. The summed E-state index contributed by atoms with van der Waals surface area (Å²) in [5.74, 6) is -0.555. The van der Waals surface area contributed by atoms with Crippen molar-refractivity contribution in [2.45, 2.75) is 25.3 Å². The summed E-state index contributed by atoms with van der Waals surface area (Å²) in [6.45, 7) is 0. The molecule has 0 saturated heterocycles. The van der Waals surface area contributed by atoms with Crippen molar-refractivity contribution < 1.29 is 9.50 Å². The van der Waals surface area contributed by atoms with Crippen molar-refractivity contribution in [1.29, 1.82) is 0 Å². The van der Waals surface area contributed by atoms with Crippen LogP contribution in [0, 0.1) is 11.7 Å². The molecule has 2 nitrogen and oxygen atoms in total. The fourth-order valence-corrected chi connectivity index (χ4v) is 2.49. The second-order valence-electron chi connectivity index (χ2n) is 4.01. The standard InChI is InChI=1S/C11H13BrFNO/c12-7-4-5-8(13)11(15)9(7)10(14)6-2-1-3-6/h4-6,10,15H,1-3,14H2/t10-/m0/s1. The first-order valence-corrected chi connectivity index (χ1v) is 5.83. The van der Waals surface area contributed by atoms with Crippen molar-refractivity contribution in [3.63, 3.8) is 0 Å². The maximum Gasteiger partial charge on any atom is 0.165 e. The highest BCUT2D eigenvalue weighted by Gasteiger charge is 2.29. The van der Waals surface area contributed by atoms with Crippen LogP contribution in [0.5, 0.6) is 5.75 Å². The van der Waals surface area contributed by atoms with Gasteiger partial charge >= 0.3 is 0 Å². The lowest BCUT2D eigenvalue weighted by Crippen LogP contribution is -2.27. The number of hydrogen-bond donors (Lipinski definition) is 2. The zero-order chi connectivity index (χ0) is 11.0. The molecule has 0 unspecified atom stereocenters. The fraction of sp³-hybridized carbons (Fsp3) is 0.455. The minimum Gasteiger partial charge on any atom is -0.505 e. The number of phenols is 1. The van der Waals surface area contributed by atoms with Gasteiger partial charge in [0.15, 0.2) is 11.6 Å². The van der Waals surface area contributed by atoms with Crippen LogP contribution < -0.4 is 5.73 Å². The average molecular weight is 274 g/mol. The van der Waals surface area contributed by atoms with Gasteiger partial charge in [0, 0.05) is 16.1 Å². The van der Waals surface area contributed by atoms with E-state index in [-0.39, 0.29) is 11.8 Å². The summed E-state index contributed by atoms with van der Waals surface area (Å²) in [5.41, 5.74) is 6.51. The monoisotopic (exact) mass is 273 g/mol. The van der Waals surface area contributed by atoms with E-state index in [9.17, 15) is 9.50 Å². The molecular weight excluding hydrogens is 261 g/mol. The molecule has 1 fully saturated rings. The maximum absolute atomic E-state index is 13.2. The Morgan fingerprint density at radius 2 is 2.13 bits per heavy atom. The summed E-state index contributed by atoms with van der Waals surface area (Å²) in [6.07, 6.45) is 3.29. The molecule has 1 atom stereocenters. The summed E-state index contributed by atoms with van der Waals surface area (Å²) in [5, 5.41) is 9.63. The first-order valence-electron chi connectivity index (χ1n) is 5.03. The molecule has 1 aliphatic rings. The summed E-state index contributed by atoms with van der Waals surface area (Å²) in [4.78, 5) is 0. The van der Waals surface area contributed by atoms with Gasteiger partial charge in [0.05, 0.1) is 0 Å². The number of phenolic OH excluding ortho intramolecular Hbond substituents is 1. The van der Waals surface area contributed by atoms with Gasteiger partial charge in [-0.3, -0.25) is 0 Å². The summed E-state index contributed by atoms with van der Waals surface area (Å²) >= 11 is 3.30. The molecule has 0 aliphatic heterocycles. The quantitative estimate of drug-likeness (QED) is 0.870. The third kappa shape index (κ3) is 1.88. The molecule has 0 aromatic heterocycles. The van der Waals surface area contributed by atoms with Crippen LogP contribution in [0.3, 0.4) is 0 Å².